The SMILES string of the molecule is CCOC(=O)C(Cc1ccc(OCCN(C)C2c3ccc(C)cc3CCc3ccc(CCc4ccccc4)cc32)cc1)OCC. The molecule has 0 radical (unpaired) electrons. The molecule has 0 aromatic heterocycles. The lowest BCUT2D eigenvalue weighted by molar-refractivity contribution is -0.156. The van der Waals surface area contributed by atoms with Crippen molar-refractivity contribution in [2.45, 2.75) is 65.0 Å². The summed E-state index contributed by atoms with van der Waals surface area (Å²) in [6.45, 7) is 8.04. The van der Waals surface area contributed by atoms with E-state index in [9.17, 15) is 4.79 Å². The molecule has 2 unspecified atom stereocenters. The lowest BCUT2D eigenvalue weighted by Crippen LogP contribution is -2.30. The Morgan fingerprint density at radius 1 is 0.800 bits per heavy atom. The van der Waals surface area contributed by atoms with Crippen molar-refractivity contribution in [3.63, 3.8) is 0 Å². The van der Waals surface area contributed by atoms with Crippen LogP contribution >= 0.6 is 0 Å². The second-order valence-corrected chi connectivity index (χ2v) is 12.0. The van der Waals surface area contributed by atoms with E-state index >= 15 is 0 Å². The molecule has 0 fully saturated rings. The first-order valence-corrected chi connectivity index (χ1v) is 16.4. The molecule has 0 bridgehead atoms. The molecular formula is C40H47NO4. The Labute approximate surface area is 269 Å². The van der Waals surface area contributed by atoms with Crippen molar-refractivity contribution in [2.24, 2.45) is 0 Å². The molecule has 5 nitrogen and oxygen atoms in total. The average Bonchev–Trinajstić information content (AvgIpc) is 3.21. The average molecular weight is 606 g/mol. The summed E-state index contributed by atoms with van der Waals surface area (Å²) in [4.78, 5) is 14.7. The summed E-state index contributed by atoms with van der Waals surface area (Å²) in [7, 11) is 2.22. The standard InChI is InChI=1S/C40H47NO4/c1-5-43-38(40(42)44-6-2)28-32-16-21-35(22-17-32)45-25-24-41(4)39-36-23-12-29(3)26-34(36)20-19-33-18-15-31(27-37(33)39)14-13-30-10-8-7-9-11-30/h7-12,15-18,21-23,26-27,38-39H,5-6,13-14,19-20,24-25,28H2,1-4H3. The Morgan fingerprint density at radius 3 is 2.29 bits per heavy atom. The fourth-order valence-electron chi connectivity index (χ4n) is 6.36. The van der Waals surface area contributed by atoms with Gasteiger partial charge in [-0.15, -0.1) is 0 Å². The monoisotopic (exact) mass is 605 g/mol. The van der Waals surface area contributed by atoms with Gasteiger partial charge >= 0.3 is 5.97 Å². The summed E-state index contributed by atoms with van der Waals surface area (Å²) < 4.78 is 17.0. The van der Waals surface area contributed by atoms with Gasteiger partial charge < -0.3 is 14.2 Å². The molecule has 0 amide bonds. The number of likely N-dealkylation sites (N-methyl/N-ethyl adjacent to an activating group) is 1. The Bertz CT molecular complexity index is 1530. The van der Waals surface area contributed by atoms with Gasteiger partial charge in [0.05, 0.1) is 12.6 Å². The third-order valence-corrected chi connectivity index (χ3v) is 8.72. The summed E-state index contributed by atoms with van der Waals surface area (Å²) >= 11 is 0. The highest BCUT2D eigenvalue weighted by Crippen LogP contribution is 2.37. The Balaban J connectivity index is 1.28. The topological polar surface area (TPSA) is 48.0 Å². The van der Waals surface area contributed by atoms with Gasteiger partial charge in [-0.2, -0.15) is 0 Å². The van der Waals surface area contributed by atoms with Gasteiger partial charge in [-0.25, -0.2) is 4.79 Å². The molecule has 4 aromatic carbocycles. The molecular weight excluding hydrogens is 558 g/mol. The van der Waals surface area contributed by atoms with Crippen molar-refractivity contribution in [1.29, 1.82) is 0 Å². The lowest BCUT2D eigenvalue weighted by Gasteiger charge is -2.31. The summed E-state index contributed by atoms with van der Waals surface area (Å²) in [6.07, 6.45) is 4.06. The zero-order valence-corrected chi connectivity index (χ0v) is 27.3. The van der Waals surface area contributed by atoms with E-state index in [1.54, 1.807) is 0 Å². The number of rotatable bonds is 14. The quantitative estimate of drug-likeness (QED) is 0.139. The summed E-state index contributed by atoms with van der Waals surface area (Å²) in [5, 5.41) is 0. The first-order valence-electron chi connectivity index (χ1n) is 16.4. The largest absolute Gasteiger partial charge is 0.492 e. The van der Waals surface area contributed by atoms with E-state index < -0.39 is 6.10 Å². The summed E-state index contributed by atoms with van der Waals surface area (Å²) in [6, 6.07) is 33.0. The predicted octanol–water partition coefficient (Wildman–Crippen LogP) is 7.49. The fourth-order valence-corrected chi connectivity index (χ4v) is 6.36. The molecule has 4 aromatic rings. The minimum absolute atomic E-state index is 0.166. The van der Waals surface area contributed by atoms with Crippen LogP contribution in [0.15, 0.2) is 91.0 Å². The predicted molar refractivity (Wildman–Crippen MR) is 181 cm³/mol. The maximum Gasteiger partial charge on any atom is 0.335 e. The van der Waals surface area contributed by atoms with E-state index in [4.69, 9.17) is 14.2 Å². The van der Waals surface area contributed by atoms with Crippen molar-refractivity contribution in [1.82, 2.24) is 4.90 Å². The van der Waals surface area contributed by atoms with Crippen LogP contribution < -0.4 is 4.74 Å². The number of esters is 1. The van der Waals surface area contributed by atoms with E-state index in [2.05, 4.69) is 85.6 Å². The van der Waals surface area contributed by atoms with Crippen molar-refractivity contribution in [3.8, 4) is 5.75 Å². The molecule has 1 aliphatic carbocycles. The van der Waals surface area contributed by atoms with Crippen LogP contribution in [-0.2, 0) is 46.4 Å². The van der Waals surface area contributed by atoms with Crippen LogP contribution in [0, 0.1) is 6.92 Å². The second kappa shape index (κ2) is 15.9. The highest BCUT2D eigenvalue weighted by atomic mass is 16.6. The van der Waals surface area contributed by atoms with Crippen LogP contribution in [0.5, 0.6) is 5.75 Å². The smallest absolute Gasteiger partial charge is 0.335 e. The van der Waals surface area contributed by atoms with Gasteiger partial charge in [-0.3, -0.25) is 4.90 Å². The molecule has 0 N–H and O–H groups in total. The third-order valence-electron chi connectivity index (χ3n) is 8.72. The van der Waals surface area contributed by atoms with Crippen LogP contribution in [0.4, 0.5) is 0 Å². The number of carbonyl (C=O) groups is 1. The molecule has 5 rings (SSSR count). The summed E-state index contributed by atoms with van der Waals surface area (Å²) in [5.74, 6) is 0.500. The minimum atomic E-state index is -0.594. The van der Waals surface area contributed by atoms with Gasteiger partial charge in [0.15, 0.2) is 6.10 Å². The van der Waals surface area contributed by atoms with E-state index in [1.807, 2.05) is 38.1 Å². The second-order valence-electron chi connectivity index (χ2n) is 12.0. The molecule has 0 saturated carbocycles. The highest BCUT2D eigenvalue weighted by molar-refractivity contribution is 5.75. The molecule has 2 atom stereocenters. The zero-order valence-electron chi connectivity index (χ0n) is 27.3. The molecule has 0 saturated heterocycles. The fraction of sp³-hybridized carbons (Fsp3) is 0.375. The van der Waals surface area contributed by atoms with Crippen molar-refractivity contribution in [3.05, 3.63) is 136 Å². The first kappa shape index (κ1) is 32.5. The maximum atomic E-state index is 12.3. The van der Waals surface area contributed by atoms with Crippen molar-refractivity contribution in [2.75, 3.05) is 33.4 Å². The van der Waals surface area contributed by atoms with Gasteiger partial charge in [0.25, 0.3) is 0 Å². The zero-order chi connectivity index (χ0) is 31.6. The molecule has 236 valence electrons. The maximum absolute atomic E-state index is 12.3. The molecule has 1 aliphatic rings. The highest BCUT2D eigenvalue weighted by Gasteiger charge is 2.27. The van der Waals surface area contributed by atoms with E-state index in [1.165, 1.54) is 38.9 Å². The minimum Gasteiger partial charge on any atom is -0.492 e. The van der Waals surface area contributed by atoms with Gasteiger partial charge in [-0.05, 0) is 105 Å². The van der Waals surface area contributed by atoms with Crippen LogP contribution in [0.25, 0.3) is 0 Å². The van der Waals surface area contributed by atoms with Gasteiger partial charge in [0, 0.05) is 19.6 Å². The van der Waals surface area contributed by atoms with E-state index in [0.717, 1.165) is 43.5 Å². The number of carbonyl (C=O) groups excluding carboxylic acids is 1. The molecule has 5 heteroatoms. The van der Waals surface area contributed by atoms with Gasteiger partial charge in [0.2, 0.25) is 0 Å². The number of fused-ring (bicyclic) bond motifs is 2. The Hall–Kier alpha value is -3.93. The summed E-state index contributed by atoms with van der Waals surface area (Å²) in [5.41, 5.74) is 10.8. The van der Waals surface area contributed by atoms with E-state index in [0.29, 0.717) is 26.2 Å². The molecule has 0 heterocycles. The van der Waals surface area contributed by atoms with Crippen LogP contribution in [0.1, 0.15) is 64.4 Å². The molecule has 45 heavy (non-hydrogen) atoms. The number of nitrogens with zero attached hydrogens (tertiary/aromatic N) is 1. The van der Waals surface area contributed by atoms with Crippen molar-refractivity contribution >= 4 is 5.97 Å². The number of hydrogen-bond acceptors (Lipinski definition) is 5. The number of hydrogen-bond donors (Lipinski definition) is 0. The number of aryl methyl sites for hydroxylation is 5. The third kappa shape index (κ3) is 8.62. The van der Waals surface area contributed by atoms with Crippen LogP contribution in [-0.4, -0.2) is 50.4 Å². The number of ether oxygens (including phenoxy) is 3. The lowest BCUT2D eigenvalue weighted by atomic mass is 9.90. The van der Waals surface area contributed by atoms with E-state index in [-0.39, 0.29) is 12.0 Å². The normalized spacial score (nSPS) is 14.7. The van der Waals surface area contributed by atoms with Crippen LogP contribution in [0.2, 0.25) is 0 Å². The first-order chi connectivity index (χ1) is 21.9. The Morgan fingerprint density at radius 2 is 1.53 bits per heavy atom. The molecule has 0 aliphatic heterocycles. The van der Waals surface area contributed by atoms with Crippen LogP contribution in [0.3, 0.4) is 0 Å². The number of benzene rings is 4. The Kier molecular flexibility index (Phi) is 11.5. The van der Waals surface area contributed by atoms with Crippen molar-refractivity contribution < 1.29 is 19.0 Å². The van der Waals surface area contributed by atoms with Gasteiger partial charge in [0.1, 0.15) is 12.4 Å². The van der Waals surface area contributed by atoms with Gasteiger partial charge in [-0.1, -0.05) is 84.4 Å². The molecule has 0 spiro atoms.